The number of aliphatic hydroxyl groups excluding tert-OH is 3. The van der Waals surface area contributed by atoms with Crippen LogP contribution in [-0.2, 0) is 19.0 Å². The zero-order valence-corrected chi connectivity index (χ0v) is 27.6. The number of benzene rings is 2. The number of morpholine rings is 1. The molecule has 3 N–H and O–H groups in total. The minimum absolute atomic E-state index is 0.104. The van der Waals surface area contributed by atoms with E-state index in [0.29, 0.717) is 44.8 Å². The predicted octanol–water partition coefficient (Wildman–Crippen LogP) is 3.38. The van der Waals surface area contributed by atoms with Crippen LogP contribution in [0.3, 0.4) is 0 Å². The first-order valence-corrected chi connectivity index (χ1v) is 16.5. The molecule has 6 rings (SSSR count). The van der Waals surface area contributed by atoms with Gasteiger partial charge in [-0.2, -0.15) is 0 Å². The SMILES string of the molecule is CO[C@@H]1[C@@H](n2cc(-c3cc(F)cc(F)c3N3CCOCC3)nn2)[C@@H](O)[C@@H](CO)O[C@H]1C(=O)N(c1cc(Cl)cc(Cl)c1)[C@H]1CCCC[C@@H]1O. The van der Waals surface area contributed by atoms with Gasteiger partial charge in [-0.15, -0.1) is 5.10 Å². The molecule has 1 amide bonds. The molecule has 0 unspecified atom stereocenters. The van der Waals surface area contributed by atoms with E-state index < -0.39 is 66.8 Å². The van der Waals surface area contributed by atoms with Gasteiger partial charge in [0.15, 0.2) is 6.10 Å². The molecule has 12 nitrogen and oxygen atoms in total. The van der Waals surface area contributed by atoms with Crippen molar-refractivity contribution >= 4 is 40.5 Å². The highest BCUT2D eigenvalue weighted by Crippen LogP contribution is 2.39. The highest BCUT2D eigenvalue weighted by atomic mass is 35.5. The number of carbonyl (C=O) groups is 1. The van der Waals surface area contributed by atoms with Gasteiger partial charge in [0.05, 0.1) is 43.9 Å². The Morgan fingerprint density at radius 1 is 1.08 bits per heavy atom. The number of carbonyl (C=O) groups excluding carboxylic acids is 1. The van der Waals surface area contributed by atoms with Crippen molar-refractivity contribution in [3.8, 4) is 11.3 Å². The van der Waals surface area contributed by atoms with Crippen molar-refractivity contribution in [2.45, 2.75) is 68.3 Å². The number of hydrogen-bond donors (Lipinski definition) is 3. The van der Waals surface area contributed by atoms with Crippen LogP contribution in [0.1, 0.15) is 31.7 Å². The zero-order valence-electron chi connectivity index (χ0n) is 26.1. The van der Waals surface area contributed by atoms with Crippen LogP contribution in [0.2, 0.25) is 10.0 Å². The van der Waals surface area contributed by atoms with E-state index in [9.17, 15) is 24.5 Å². The Kier molecular flexibility index (Phi) is 10.8. The number of ether oxygens (including phenoxy) is 3. The van der Waals surface area contributed by atoms with Crippen molar-refractivity contribution in [2.75, 3.05) is 49.8 Å². The number of rotatable bonds is 8. The van der Waals surface area contributed by atoms with E-state index in [1.54, 1.807) is 17.0 Å². The quantitative estimate of drug-likeness (QED) is 0.318. The van der Waals surface area contributed by atoms with E-state index >= 15 is 4.39 Å². The Labute approximate surface area is 285 Å². The largest absolute Gasteiger partial charge is 0.394 e. The molecule has 3 heterocycles. The standard InChI is InChI=1S/C32H37Cl2F2N5O7/c1-46-30-28(40-15-23(37-38-40)21-13-19(35)14-22(36)27(21)39-6-8-47-9-7-39)29(44)26(16-42)48-31(30)32(45)41(24-4-2-3-5-25(24)43)20-11-17(33)10-18(34)12-20/h10-15,24-26,28-31,42-44H,2-9,16H2,1H3/t24-,25-,26+,28-,29-,30+,31+/m0/s1. The van der Waals surface area contributed by atoms with E-state index in [2.05, 4.69) is 10.3 Å². The van der Waals surface area contributed by atoms with E-state index in [4.69, 9.17) is 37.4 Å². The van der Waals surface area contributed by atoms with Gasteiger partial charge < -0.3 is 39.3 Å². The van der Waals surface area contributed by atoms with Gasteiger partial charge in [0.1, 0.15) is 41.7 Å². The summed E-state index contributed by atoms with van der Waals surface area (Å²) in [6.45, 7) is 0.812. The molecule has 1 saturated carbocycles. The van der Waals surface area contributed by atoms with Gasteiger partial charge in [-0.3, -0.25) is 4.79 Å². The molecule has 3 fully saturated rings. The second-order valence-corrected chi connectivity index (χ2v) is 13.1. The van der Waals surface area contributed by atoms with Crippen molar-refractivity contribution in [1.82, 2.24) is 15.0 Å². The molecule has 7 atom stereocenters. The molecule has 260 valence electrons. The van der Waals surface area contributed by atoms with Gasteiger partial charge in [0.2, 0.25) is 0 Å². The Hall–Kier alpha value is -2.95. The predicted molar refractivity (Wildman–Crippen MR) is 172 cm³/mol. The molecule has 0 spiro atoms. The summed E-state index contributed by atoms with van der Waals surface area (Å²) < 4.78 is 48.3. The maximum atomic E-state index is 15.2. The lowest BCUT2D eigenvalue weighted by molar-refractivity contribution is -0.211. The number of aromatic nitrogens is 3. The number of halogens is 4. The number of aliphatic hydroxyl groups is 3. The third kappa shape index (κ3) is 6.90. The molecule has 48 heavy (non-hydrogen) atoms. The lowest BCUT2D eigenvalue weighted by atomic mass is 9.88. The van der Waals surface area contributed by atoms with Crippen LogP contribution < -0.4 is 9.80 Å². The minimum atomic E-state index is -1.45. The fraction of sp³-hybridized carbons (Fsp3) is 0.531. The average molecular weight is 713 g/mol. The lowest BCUT2D eigenvalue weighted by Crippen LogP contribution is -2.63. The van der Waals surface area contributed by atoms with Gasteiger partial charge in [-0.25, -0.2) is 13.5 Å². The van der Waals surface area contributed by atoms with Gasteiger partial charge in [-0.05, 0) is 37.1 Å². The van der Waals surface area contributed by atoms with Crippen molar-refractivity contribution in [1.29, 1.82) is 0 Å². The number of hydrogen-bond acceptors (Lipinski definition) is 10. The molecule has 3 aromatic rings. The summed E-state index contributed by atoms with van der Waals surface area (Å²) in [5.74, 6) is -2.21. The number of anilines is 2. The summed E-state index contributed by atoms with van der Waals surface area (Å²) in [6, 6.07) is 4.78. The number of amides is 1. The van der Waals surface area contributed by atoms with Gasteiger partial charge >= 0.3 is 0 Å². The molecule has 1 aliphatic carbocycles. The van der Waals surface area contributed by atoms with Gasteiger partial charge in [0, 0.05) is 47.6 Å². The monoisotopic (exact) mass is 711 g/mol. The third-order valence-electron chi connectivity index (χ3n) is 9.22. The molecule has 1 aromatic heterocycles. The second-order valence-electron chi connectivity index (χ2n) is 12.2. The number of nitrogens with zero attached hydrogens (tertiary/aromatic N) is 5. The van der Waals surface area contributed by atoms with Crippen LogP contribution in [0.4, 0.5) is 20.2 Å². The molecular weight excluding hydrogens is 675 g/mol. The smallest absolute Gasteiger partial charge is 0.259 e. The van der Waals surface area contributed by atoms with Crippen LogP contribution in [0.5, 0.6) is 0 Å². The second kappa shape index (κ2) is 14.9. The van der Waals surface area contributed by atoms with Crippen molar-refractivity contribution in [3.63, 3.8) is 0 Å². The first-order valence-electron chi connectivity index (χ1n) is 15.8. The van der Waals surface area contributed by atoms with E-state index in [1.807, 2.05) is 0 Å². The molecule has 2 saturated heterocycles. The van der Waals surface area contributed by atoms with E-state index in [-0.39, 0.29) is 27.0 Å². The topological polar surface area (TPSA) is 143 Å². The van der Waals surface area contributed by atoms with E-state index in [1.165, 1.54) is 29.0 Å². The Morgan fingerprint density at radius 3 is 2.46 bits per heavy atom. The maximum Gasteiger partial charge on any atom is 0.259 e. The molecule has 2 aromatic carbocycles. The molecule has 2 aliphatic heterocycles. The highest BCUT2D eigenvalue weighted by molar-refractivity contribution is 6.35. The average Bonchev–Trinajstić information content (AvgIpc) is 3.55. The fourth-order valence-electron chi connectivity index (χ4n) is 6.97. The van der Waals surface area contributed by atoms with Crippen LogP contribution in [0.25, 0.3) is 11.3 Å². The Bertz CT molecular complexity index is 1590. The fourth-order valence-corrected chi connectivity index (χ4v) is 7.48. The molecule has 0 radical (unpaired) electrons. The van der Waals surface area contributed by atoms with Crippen LogP contribution in [-0.4, -0.2) is 113 Å². The highest BCUT2D eigenvalue weighted by Gasteiger charge is 2.52. The molecule has 0 bridgehead atoms. The third-order valence-corrected chi connectivity index (χ3v) is 9.65. The van der Waals surface area contributed by atoms with Gasteiger partial charge in [0.25, 0.3) is 5.91 Å². The minimum Gasteiger partial charge on any atom is -0.394 e. The molecule has 16 heteroatoms. The normalized spacial score (nSPS) is 28.0. The van der Waals surface area contributed by atoms with Crippen molar-refractivity contribution in [2.24, 2.45) is 0 Å². The zero-order chi connectivity index (χ0) is 34.1. The number of methoxy groups -OCH3 is 1. The maximum absolute atomic E-state index is 15.2. The first kappa shape index (κ1) is 34.9. The summed E-state index contributed by atoms with van der Waals surface area (Å²) in [6.07, 6.45) is -2.29. The Balaban J connectivity index is 1.39. The van der Waals surface area contributed by atoms with Crippen molar-refractivity contribution in [3.05, 3.63) is 58.2 Å². The first-order chi connectivity index (χ1) is 23.1. The van der Waals surface area contributed by atoms with Crippen molar-refractivity contribution < 1.29 is 43.1 Å². The molecule has 3 aliphatic rings. The summed E-state index contributed by atoms with van der Waals surface area (Å²) in [7, 11) is 1.33. The molecular formula is C32H37Cl2F2N5O7. The summed E-state index contributed by atoms with van der Waals surface area (Å²) >= 11 is 12.7. The van der Waals surface area contributed by atoms with E-state index in [0.717, 1.165) is 25.0 Å². The van der Waals surface area contributed by atoms with Crippen LogP contribution in [0.15, 0.2) is 36.5 Å². The lowest BCUT2D eigenvalue weighted by Gasteiger charge is -2.46. The Morgan fingerprint density at radius 2 is 1.79 bits per heavy atom. The van der Waals surface area contributed by atoms with Crippen LogP contribution in [0, 0.1) is 11.6 Å². The summed E-state index contributed by atoms with van der Waals surface area (Å²) in [5, 5.41) is 41.7. The summed E-state index contributed by atoms with van der Waals surface area (Å²) in [5.41, 5.74) is 0.702. The van der Waals surface area contributed by atoms with Crippen LogP contribution >= 0.6 is 23.2 Å². The summed E-state index contributed by atoms with van der Waals surface area (Å²) in [4.78, 5) is 17.8. The van der Waals surface area contributed by atoms with Gasteiger partial charge in [-0.1, -0.05) is 41.3 Å².